The third kappa shape index (κ3) is 4.64. The van der Waals surface area contributed by atoms with Crippen molar-refractivity contribution in [3.8, 4) is 0 Å². The molecule has 2 aliphatic rings. The summed E-state index contributed by atoms with van der Waals surface area (Å²) in [4.78, 5) is 22.9. The Morgan fingerprint density at radius 3 is 2.67 bits per heavy atom. The van der Waals surface area contributed by atoms with Crippen molar-refractivity contribution < 1.29 is 9.59 Å². The maximum absolute atomic E-state index is 11.5. The van der Waals surface area contributed by atoms with Gasteiger partial charge < -0.3 is 16.0 Å². The summed E-state index contributed by atoms with van der Waals surface area (Å²) in [5, 5.41) is 9.14. The summed E-state index contributed by atoms with van der Waals surface area (Å²) < 4.78 is 0. The third-order valence-electron chi connectivity index (χ3n) is 3.54. The Morgan fingerprint density at radius 2 is 2.00 bits per heavy atom. The fourth-order valence-electron chi connectivity index (χ4n) is 2.21. The van der Waals surface area contributed by atoms with Gasteiger partial charge in [0.25, 0.3) is 0 Å². The summed E-state index contributed by atoms with van der Waals surface area (Å²) in [7, 11) is 0. The minimum Gasteiger partial charge on any atom is -0.356 e. The number of hydrogen-bond acceptors (Lipinski definition) is 3. The molecule has 102 valence electrons. The minimum absolute atomic E-state index is 0.0874. The van der Waals surface area contributed by atoms with Gasteiger partial charge in [-0.25, -0.2) is 0 Å². The van der Waals surface area contributed by atoms with Gasteiger partial charge >= 0.3 is 0 Å². The van der Waals surface area contributed by atoms with Crippen LogP contribution in [0.4, 0.5) is 0 Å². The van der Waals surface area contributed by atoms with Crippen LogP contribution in [0, 0.1) is 5.92 Å². The molecule has 1 aliphatic carbocycles. The van der Waals surface area contributed by atoms with Gasteiger partial charge in [0.15, 0.2) is 0 Å². The highest BCUT2D eigenvalue weighted by Crippen LogP contribution is 2.28. The molecule has 0 aromatic heterocycles. The molecule has 5 nitrogen and oxygen atoms in total. The SMILES string of the molecule is O=C(CCCNC(=O)C1CC1)NCC1CCCN1. The van der Waals surface area contributed by atoms with Crippen LogP contribution in [-0.4, -0.2) is 37.5 Å². The van der Waals surface area contributed by atoms with Crippen LogP contribution < -0.4 is 16.0 Å². The molecule has 0 spiro atoms. The molecule has 3 N–H and O–H groups in total. The van der Waals surface area contributed by atoms with Crippen LogP contribution in [0.1, 0.15) is 38.5 Å². The molecule has 1 saturated heterocycles. The first-order valence-electron chi connectivity index (χ1n) is 7.03. The molecule has 0 aromatic rings. The molecule has 1 unspecified atom stereocenters. The standard InChI is InChI=1S/C13H23N3O2/c17-12(16-9-11-3-1-7-14-11)4-2-8-15-13(18)10-5-6-10/h10-11,14H,1-9H2,(H,15,18)(H,16,17). The second-order valence-electron chi connectivity index (χ2n) is 5.27. The summed E-state index contributed by atoms with van der Waals surface area (Å²) in [6, 6.07) is 0.448. The van der Waals surface area contributed by atoms with E-state index in [1.807, 2.05) is 0 Å². The van der Waals surface area contributed by atoms with Crippen LogP contribution in [-0.2, 0) is 9.59 Å². The van der Waals surface area contributed by atoms with Crippen LogP contribution in [0.2, 0.25) is 0 Å². The molecular formula is C13H23N3O2. The second kappa shape index (κ2) is 6.73. The Labute approximate surface area is 108 Å². The van der Waals surface area contributed by atoms with Gasteiger partial charge in [-0.2, -0.15) is 0 Å². The fourth-order valence-corrected chi connectivity index (χ4v) is 2.21. The van der Waals surface area contributed by atoms with Gasteiger partial charge in [0.1, 0.15) is 0 Å². The quantitative estimate of drug-likeness (QED) is 0.566. The Hall–Kier alpha value is -1.10. The van der Waals surface area contributed by atoms with Crippen molar-refractivity contribution in [2.75, 3.05) is 19.6 Å². The first-order valence-corrected chi connectivity index (χ1v) is 7.03. The van der Waals surface area contributed by atoms with E-state index >= 15 is 0 Å². The number of amides is 2. The molecule has 5 heteroatoms. The number of hydrogen-bond donors (Lipinski definition) is 3. The topological polar surface area (TPSA) is 70.2 Å². The fraction of sp³-hybridized carbons (Fsp3) is 0.846. The Kier molecular flexibility index (Phi) is 4.99. The second-order valence-corrected chi connectivity index (χ2v) is 5.27. The molecule has 1 aliphatic heterocycles. The minimum atomic E-state index is 0.0874. The molecular weight excluding hydrogens is 230 g/mol. The van der Waals surface area contributed by atoms with Crippen molar-refractivity contribution in [3.63, 3.8) is 0 Å². The van der Waals surface area contributed by atoms with Crippen LogP contribution in [0.25, 0.3) is 0 Å². The van der Waals surface area contributed by atoms with E-state index in [-0.39, 0.29) is 17.7 Å². The highest BCUT2D eigenvalue weighted by molar-refractivity contribution is 5.81. The molecule has 1 heterocycles. The summed E-state index contributed by atoms with van der Waals surface area (Å²) >= 11 is 0. The molecule has 2 amide bonds. The number of carbonyl (C=O) groups is 2. The van der Waals surface area contributed by atoms with Gasteiger partial charge in [0.05, 0.1) is 0 Å². The lowest BCUT2D eigenvalue weighted by Crippen LogP contribution is -2.37. The molecule has 2 rings (SSSR count). The van der Waals surface area contributed by atoms with Crippen LogP contribution in [0.5, 0.6) is 0 Å². The maximum Gasteiger partial charge on any atom is 0.223 e. The monoisotopic (exact) mass is 253 g/mol. The zero-order chi connectivity index (χ0) is 12.8. The molecule has 2 fully saturated rings. The predicted octanol–water partition coefficient (Wildman–Crippen LogP) is 0.161. The number of rotatable bonds is 7. The Balaban J connectivity index is 1.45. The van der Waals surface area contributed by atoms with Gasteiger partial charge in [-0.15, -0.1) is 0 Å². The van der Waals surface area contributed by atoms with E-state index < -0.39 is 0 Å². The smallest absolute Gasteiger partial charge is 0.223 e. The molecule has 1 saturated carbocycles. The first-order chi connectivity index (χ1) is 8.75. The lowest BCUT2D eigenvalue weighted by atomic mass is 10.2. The average Bonchev–Trinajstić information content (AvgIpc) is 3.09. The van der Waals surface area contributed by atoms with Crippen molar-refractivity contribution in [2.24, 2.45) is 5.92 Å². The lowest BCUT2D eigenvalue weighted by Gasteiger charge is -2.11. The molecule has 18 heavy (non-hydrogen) atoms. The van der Waals surface area contributed by atoms with E-state index in [1.165, 1.54) is 6.42 Å². The van der Waals surface area contributed by atoms with E-state index in [1.54, 1.807) is 0 Å². The zero-order valence-electron chi connectivity index (χ0n) is 10.8. The van der Waals surface area contributed by atoms with E-state index in [2.05, 4.69) is 16.0 Å². The van der Waals surface area contributed by atoms with Crippen LogP contribution >= 0.6 is 0 Å². The van der Waals surface area contributed by atoms with Crippen LogP contribution in [0.3, 0.4) is 0 Å². The molecule has 1 atom stereocenters. The van der Waals surface area contributed by atoms with Gasteiger partial charge in [-0.05, 0) is 38.6 Å². The van der Waals surface area contributed by atoms with E-state index in [9.17, 15) is 9.59 Å². The molecule has 0 radical (unpaired) electrons. The maximum atomic E-state index is 11.5. The zero-order valence-corrected chi connectivity index (χ0v) is 10.8. The molecule has 0 bridgehead atoms. The Bertz CT molecular complexity index is 297. The summed E-state index contributed by atoms with van der Waals surface area (Å²) in [6.45, 7) is 2.41. The predicted molar refractivity (Wildman–Crippen MR) is 69.0 cm³/mol. The van der Waals surface area contributed by atoms with Crippen molar-refractivity contribution in [3.05, 3.63) is 0 Å². The highest BCUT2D eigenvalue weighted by Gasteiger charge is 2.28. The third-order valence-corrected chi connectivity index (χ3v) is 3.54. The van der Waals surface area contributed by atoms with Gasteiger partial charge in [-0.1, -0.05) is 0 Å². The van der Waals surface area contributed by atoms with Crippen molar-refractivity contribution in [1.29, 1.82) is 0 Å². The van der Waals surface area contributed by atoms with Gasteiger partial charge in [0, 0.05) is 31.5 Å². The van der Waals surface area contributed by atoms with E-state index in [0.717, 1.165) is 38.8 Å². The lowest BCUT2D eigenvalue weighted by molar-refractivity contribution is -0.123. The summed E-state index contributed by atoms with van der Waals surface area (Å²) in [5.41, 5.74) is 0. The van der Waals surface area contributed by atoms with Crippen molar-refractivity contribution in [1.82, 2.24) is 16.0 Å². The summed E-state index contributed by atoms with van der Waals surface area (Å²) in [5.74, 6) is 0.502. The summed E-state index contributed by atoms with van der Waals surface area (Å²) in [6.07, 6.45) is 5.63. The van der Waals surface area contributed by atoms with Crippen molar-refractivity contribution >= 4 is 11.8 Å². The number of nitrogens with one attached hydrogen (secondary N) is 3. The molecule has 0 aromatic carbocycles. The Morgan fingerprint density at radius 1 is 1.17 bits per heavy atom. The highest BCUT2D eigenvalue weighted by atomic mass is 16.2. The normalized spacial score (nSPS) is 22.8. The largest absolute Gasteiger partial charge is 0.356 e. The van der Waals surface area contributed by atoms with Crippen LogP contribution in [0.15, 0.2) is 0 Å². The average molecular weight is 253 g/mol. The van der Waals surface area contributed by atoms with E-state index in [0.29, 0.717) is 19.0 Å². The van der Waals surface area contributed by atoms with E-state index in [4.69, 9.17) is 0 Å². The number of carbonyl (C=O) groups excluding carboxylic acids is 2. The van der Waals surface area contributed by atoms with Crippen molar-refractivity contribution in [2.45, 2.75) is 44.6 Å². The first kappa shape index (κ1) is 13.3. The van der Waals surface area contributed by atoms with Gasteiger partial charge in [-0.3, -0.25) is 9.59 Å². The van der Waals surface area contributed by atoms with Gasteiger partial charge in [0.2, 0.25) is 11.8 Å².